The van der Waals surface area contributed by atoms with Crippen LogP contribution in [-0.4, -0.2) is 22.3 Å². The van der Waals surface area contributed by atoms with Crippen LogP contribution in [0.2, 0.25) is 0 Å². The van der Waals surface area contributed by atoms with E-state index in [-0.39, 0.29) is 18.3 Å². The summed E-state index contributed by atoms with van der Waals surface area (Å²) in [6.07, 6.45) is -0.0149. The molecule has 2 N–H and O–H groups in total. The zero-order valence-electron chi connectivity index (χ0n) is 7.38. The van der Waals surface area contributed by atoms with Gasteiger partial charge in [0.1, 0.15) is 5.75 Å². The van der Waals surface area contributed by atoms with Gasteiger partial charge in [-0.05, 0) is 12.1 Å². The first-order valence-corrected chi connectivity index (χ1v) is 5.49. The summed E-state index contributed by atoms with van der Waals surface area (Å²) in [6, 6.07) is 6.06. The molecule has 0 bridgehead atoms. The molecule has 0 aromatic heterocycles. The number of phenolic OH excluding ortho intramolecular Hbond substituents is 1. The lowest BCUT2D eigenvalue weighted by Crippen LogP contribution is -2.02. The number of benzene rings is 1. The molecule has 1 rings (SSSR count). The predicted molar refractivity (Wildman–Crippen MR) is 52.5 cm³/mol. The number of carboxylic acid groups (broad SMARTS) is 1. The fourth-order valence-electron chi connectivity index (χ4n) is 0.974. The van der Waals surface area contributed by atoms with Gasteiger partial charge in [-0.25, -0.2) is 0 Å². The molecule has 0 aliphatic rings. The van der Waals surface area contributed by atoms with Gasteiger partial charge >= 0.3 is 13.8 Å². The Morgan fingerprint density at radius 1 is 1.43 bits per heavy atom. The second-order valence-electron chi connectivity index (χ2n) is 2.77. The molecule has 1 unspecified atom stereocenters. The molecule has 1 aromatic carbocycles. The molecular weight excluding hydrogens is 203 g/mol. The van der Waals surface area contributed by atoms with Crippen molar-refractivity contribution in [1.29, 1.82) is 0 Å². The second-order valence-corrected chi connectivity index (χ2v) is 4.49. The Kier molecular flexibility index (Phi) is 3.60. The molecule has 0 radical (unpaired) electrons. The summed E-state index contributed by atoms with van der Waals surface area (Å²) in [5.41, 5.74) is 0. The summed E-state index contributed by atoms with van der Waals surface area (Å²) in [6.45, 7) is 0. The quantitative estimate of drug-likeness (QED) is 0.739. The maximum atomic E-state index is 11.5. The minimum atomic E-state index is -1.72. The van der Waals surface area contributed by atoms with Gasteiger partial charge in [-0.3, -0.25) is 4.79 Å². The molecule has 1 aromatic rings. The molecule has 14 heavy (non-hydrogen) atoms. The molecule has 0 fully saturated rings. The number of carboxylic acids is 1. The first kappa shape index (κ1) is 10.7. The Hall–Kier alpha value is -1.41. The third kappa shape index (κ3) is 3.15. The molecule has 0 amide bonds. The molecule has 0 aliphatic heterocycles. The van der Waals surface area contributed by atoms with Gasteiger partial charge in [-0.1, -0.05) is 10.6 Å². The Labute approximate surface area is 82.0 Å². The third-order valence-corrected chi connectivity index (χ3v) is 3.13. The Morgan fingerprint density at radius 3 is 2.71 bits per heavy atom. The summed E-state index contributed by atoms with van der Waals surface area (Å²) >= 11 is 0. The first-order chi connectivity index (χ1) is 6.59. The Morgan fingerprint density at radius 2 is 2.14 bits per heavy atom. The van der Waals surface area contributed by atoms with Crippen molar-refractivity contribution in [3.63, 3.8) is 0 Å². The SMILES string of the molecule is O=C(O)CC[P+](=O)c1cccc(O)c1. The molecular formula is C9H10O4P+. The minimum absolute atomic E-state index is 0.0428. The summed E-state index contributed by atoms with van der Waals surface area (Å²) in [5, 5.41) is 18.0. The minimum Gasteiger partial charge on any atom is -0.508 e. The van der Waals surface area contributed by atoms with Crippen molar-refractivity contribution in [2.75, 3.05) is 6.16 Å². The van der Waals surface area contributed by atoms with Crippen LogP contribution in [0.5, 0.6) is 5.75 Å². The summed E-state index contributed by atoms with van der Waals surface area (Å²) < 4.78 is 11.5. The van der Waals surface area contributed by atoms with E-state index in [1.165, 1.54) is 12.1 Å². The number of aromatic hydroxyl groups is 1. The van der Waals surface area contributed by atoms with E-state index in [4.69, 9.17) is 10.2 Å². The molecule has 0 heterocycles. The van der Waals surface area contributed by atoms with Crippen molar-refractivity contribution in [3.8, 4) is 5.75 Å². The molecule has 0 saturated carbocycles. The fourth-order valence-corrected chi connectivity index (χ4v) is 2.16. The van der Waals surface area contributed by atoms with Crippen LogP contribution in [0, 0.1) is 0 Å². The van der Waals surface area contributed by atoms with Crippen LogP contribution in [-0.2, 0) is 9.36 Å². The summed E-state index contributed by atoms with van der Waals surface area (Å²) in [7, 11) is -1.72. The molecule has 0 saturated heterocycles. The normalized spacial score (nSPS) is 11.0. The number of rotatable bonds is 4. The highest BCUT2D eigenvalue weighted by Crippen LogP contribution is 2.22. The van der Waals surface area contributed by atoms with Crippen LogP contribution >= 0.6 is 7.80 Å². The Bertz CT molecular complexity index is 362. The van der Waals surface area contributed by atoms with E-state index in [9.17, 15) is 9.36 Å². The topological polar surface area (TPSA) is 74.6 Å². The van der Waals surface area contributed by atoms with E-state index < -0.39 is 13.8 Å². The van der Waals surface area contributed by atoms with Crippen LogP contribution in [0.3, 0.4) is 0 Å². The van der Waals surface area contributed by atoms with Crippen LogP contribution < -0.4 is 5.30 Å². The van der Waals surface area contributed by atoms with Crippen LogP contribution in [0.4, 0.5) is 0 Å². The predicted octanol–water partition coefficient (Wildman–Crippen LogP) is 1.32. The zero-order chi connectivity index (χ0) is 10.6. The van der Waals surface area contributed by atoms with Gasteiger partial charge in [0.2, 0.25) is 0 Å². The maximum absolute atomic E-state index is 11.5. The van der Waals surface area contributed by atoms with E-state index in [2.05, 4.69) is 0 Å². The number of carbonyl (C=O) groups is 1. The van der Waals surface area contributed by atoms with Gasteiger partial charge in [0, 0.05) is 6.07 Å². The summed E-state index contributed by atoms with van der Waals surface area (Å²) in [4.78, 5) is 10.2. The van der Waals surface area contributed by atoms with Crippen LogP contribution in [0.25, 0.3) is 0 Å². The number of hydrogen-bond acceptors (Lipinski definition) is 3. The van der Waals surface area contributed by atoms with Gasteiger partial charge < -0.3 is 10.2 Å². The molecule has 0 spiro atoms. The molecule has 5 heteroatoms. The molecule has 74 valence electrons. The van der Waals surface area contributed by atoms with Crippen molar-refractivity contribution >= 4 is 19.1 Å². The average Bonchev–Trinajstić information content (AvgIpc) is 2.14. The highest BCUT2D eigenvalue weighted by atomic mass is 31.1. The van der Waals surface area contributed by atoms with Crippen molar-refractivity contribution in [2.24, 2.45) is 0 Å². The number of phenols is 1. The smallest absolute Gasteiger partial charge is 0.377 e. The lowest BCUT2D eigenvalue weighted by atomic mass is 10.3. The number of aliphatic carboxylic acids is 1. The average molecular weight is 213 g/mol. The van der Waals surface area contributed by atoms with Crippen LogP contribution in [0.15, 0.2) is 24.3 Å². The highest BCUT2D eigenvalue weighted by Gasteiger charge is 2.20. The molecule has 4 nitrogen and oxygen atoms in total. The van der Waals surface area contributed by atoms with Crippen molar-refractivity contribution in [2.45, 2.75) is 6.42 Å². The van der Waals surface area contributed by atoms with Gasteiger partial charge in [0.25, 0.3) is 0 Å². The lowest BCUT2D eigenvalue weighted by Gasteiger charge is -1.90. The fraction of sp³-hybridized carbons (Fsp3) is 0.222. The van der Waals surface area contributed by atoms with E-state index in [0.717, 1.165) is 0 Å². The van der Waals surface area contributed by atoms with E-state index >= 15 is 0 Å². The lowest BCUT2D eigenvalue weighted by molar-refractivity contribution is -0.136. The van der Waals surface area contributed by atoms with E-state index in [1.54, 1.807) is 12.1 Å². The van der Waals surface area contributed by atoms with E-state index in [0.29, 0.717) is 5.30 Å². The molecule has 0 aliphatic carbocycles. The van der Waals surface area contributed by atoms with Gasteiger partial charge in [0.05, 0.1) is 6.42 Å². The monoisotopic (exact) mass is 213 g/mol. The van der Waals surface area contributed by atoms with Crippen molar-refractivity contribution in [3.05, 3.63) is 24.3 Å². The first-order valence-electron chi connectivity index (χ1n) is 4.05. The van der Waals surface area contributed by atoms with Gasteiger partial charge in [0.15, 0.2) is 11.5 Å². The largest absolute Gasteiger partial charge is 0.508 e. The van der Waals surface area contributed by atoms with Gasteiger partial charge in [-0.15, -0.1) is 0 Å². The van der Waals surface area contributed by atoms with Crippen LogP contribution in [0.1, 0.15) is 6.42 Å². The Balaban J connectivity index is 2.65. The zero-order valence-corrected chi connectivity index (χ0v) is 8.28. The second kappa shape index (κ2) is 4.72. The third-order valence-electron chi connectivity index (χ3n) is 1.65. The van der Waals surface area contributed by atoms with E-state index in [1.807, 2.05) is 0 Å². The van der Waals surface area contributed by atoms with Crippen molar-refractivity contribution < 1.29 is 19.6 Å². The highest BCUT2D eigenvalue weighted by molar-refractivity contribution is 7.53. The molecule has 1 atom stereocenters. The van der Waals surface area contributed by atoms with Crippen molar-refractivity contribution in [1.82, 2.24) is 0 Å². The number of hydrogen-bond donors (Lipinski definition) is 2. The standard InChI is InChI=1S/C9H9O4P/c10-7-2-1-3-8(6-7)14(13)5-4-9(11)12/h1-3,6H,4-5H2,(H-,10,11,12)/p+1. The maximum Gasteiger partial charge on any atom is 0.377 e. The summed E-state index contributed by atoms with van der Waals surface area (Å²) in [5.74, 6) is -0.922. The van der Waals surface area contributed by atoms with Gasteiger partial charge in [-0.2, -0.15) is 0 Å².